The fraction of sp³-hybridized carbons (Fsp3) is 0.143. The summed E-state index contributed by atoms with van der Waals surface area (Å²) in [6.45, 7) is 0.171. The second-order valence-electron chi connectivity index (χ2n) is 6.32. The zero-order valence-corrected chi connectivity index (χ0v) is 14.7. The average Bonchev–Trinajstić information content (AvgIpc) is 3.18. The first-order valence-corrected chi connectivity index (χ1v) is 8.64. The first-order chi connectivity index (χ1) is 13.6. The van der Waals surface area contributed by atoms with Gasteiger partial charge in [0.1, 0.15) is 23.3 Å². The highest BCUT2D eigenvalue weighted by Crippen LogP contribution is 2.25. The van der Waals surface area contributed by atoms with Gasteiger partial charge in [-0.3, -0.25) is 0 Å². The van der Waals surface area contributed by atoms with E-state index in [9.17, 15) is 13.6 Å². The maximum Gasteiger partial charge on any atom is 0.341 e. The molecule has 1 unspecified atom stereocenters. The Morgan fingerprint density at radius 2 is 2.00 bits per heavy atom. The van der Waals surface area contributed by atoms with Crippen LogP contribution in [0.3, 0.4) is 0 Å². The minimum absolute atomic E-state index is 0.0800. The normalized spacial score (nSPS) is 12.4. The predicted octanol–water partition coefficient (Wildman–Crippen LogP) is 4.23. The van der Waals surface area contributed by atoms with E-state index >= 15 is 0 Å². The lowest BCUT2D eigenvalue weighted by molar-refractivity contribution is 0.0244. The zero-order chi connectivity index (χ0) is 19.5. The third-order valence-corrected chi connectivity index (χ3v) is 4.40. The van der Waals surface area contributed by atoms with Gasteiger partial charge in [-0.1, -0.05) is 24.3 Å². The molecule has 0 aliphatic rings. The third-order valence-electron chi connectivity index (χ3n) is 4.40. The van der Waals surface area contributed by atoms with Crippen molar-refractivity contribution in [1.29, 1.82) is 0 Å². The van der Waals surface area contributed by atoms with Crippen molar-refractivity contribution in [2.75, 3.05) is 0 Å². The van der Waals surface area contributed by atoms with Crippen LogP contribution in [-0.2, 0) is 17.9 Å². The molecular formula is C21H16F2N2O3. The van der Waals surface area contributed by atoms with Crippen LogP contribution >= 0.6 is 0 Å². The largest absolute Gasteiger partial charge is 0.422 e. The van der Waals surface area contributed by atoms with Gasteiger partial charge in [-0.15, -0.1) is 0 Å². The van der Waals surface area contributed by atoms with Gasteiger partial charge < -0.3 is 13.7 Å². The van der Waals surface area contributed by atoms with Gasteiger partial charge in [-0.2, -0.15) is 0 Å². The molecule has 2 aromatic heterocycles. The summed E-state index contributed by atoms with van der Waals surface area (Å²) < 4.78 is 40.5. The van der Waals surface area contributed by atoms with E-state index in [4.69, 9.17) is 9.15 Å². The molecule has 7 heteroatoms. The summed E-state index contributed by atoms with van der Waals surface area (Å²) in [6.07, 6.45) is 4.13. The number of hydrogen-bond donors (Lipinski definition) is 0. The molecular weight excluding hydrogens is 366 g/mol. The van der Waals surface area contributed by atoms with E-state index in [1.807, 2.05) is 12.1 Å². The SMILES string of the molecule is O=c1oc2ccccc2cc1COC(Cn1ccnc1)c1ccc(F)cc1F. The topological polar surface area (TPSA) is 57.3 Å². The maximum absolute atomic E-state index is 14.3. The molecule has 0 saturated carbocycles. The fourth-order valence-electron chi connectivity index (χ4n) is 2.99. The lowest BCUT2D eigenvalue weighted by atomic mass is 10.1. The number of halogens is 2. The van der Waals surface area contributed by atoms with Crippen molar-refractivity contribution in [1.82, 2.24) is 9.55 Å². The second-order valence-corrected chi connectivity index (χ2v) is 6.32. The molecule has 4 aromatic rings. The summed E-state index contributed by atoms with van der Waals surface area (Å²) in [5, 5.41) is 0.764. The Morgan fingerprint density at radius 3 is 2.79 bits per heavy atom. The van der Waals surface area contributed by atoms with E-state index in [1.54, 1.807) is 41.5 Å². The van der Waals surface area contributed by atoms with Gasteiger partial charge in [0.05, 0.1) is 25.0 Å². The van der Waals surface area contributed by atoms with Crippen LogP contribution in [0.5, 0.6) is 0 Å². The summed E-state index contributed by atoms with van der Waals surface area (Å²) in [7, 11) is 0. The summed E-state index contributed by atoms with van der Waals surface area (Å²) in [5.74, 6) is -1.38. The minimum Gasteiger partial charge on any atom is -0.422 e. The van der Waals surface area contributed by atoms with E-state index in [2.05, 4.69) is 4.98 Å². The van der Waals surface area contributed by atoms with Crippen LogP contribution in [0.4, 0.5) is 8.78 Å². The Bertz CT molecular complexity index is 1160. The molecule has 4 rings (SSSR count). The van der Waals surface area contributed by atoms with Gasteiger partial charge in [0, 0.05) is 29.4 Å². The van der Waals surface area contributed by atoms with Crippen molar-refractivity contribution in [2.45, 2.75) is 19.3 Å². The van der Waals surface area contributed by atoms with Gasteiger partial charge >= 0.3 is 5.63 Å². The van der Waals surface area contributed by atoms with E-state index in [-0.39, 0.29) is 18.7 Å². The standard InChI is InChI=1S/C21H16F2N2O3/c22-16-5-6-17(18(23)10-16)20(11-25-8-7-24-13-25)27-12-15-9-14-3-1-2-4-19(14)28-21(15)26/h1-10,13,20H,11-12H2. The van der Waals surface area contributed by atoms with Crippen molar-refractivity contribution in [3.63, 3.8) is 0 Å². The molecule has 0 fully saturated rings. The van der Waals surface area contributed by atoms with Gasteiger partial charge in [-0.05, 0) is 18.2 Å². The number of ether oxygens (including phenoxy) is 1. The second kappa shape index (κ2) is 7.74. The highest BCUT2D eigenvalue weighted by atomic mass is 19.1. The Morgan fingerprint density at radius 1 is 1.14 bits per heavy atom. The zero-order valence-electron chi connectivity index (χ0n) is 14.7. The Balaban J connectivity index is 1.62. The molecule has 28 heavy (non-hydrogen) atoms. The lowest BCUT2D eigenvalue weighted by Gasteiger charge is -2.19. The number of nitrogens with zero attached hydrogens (tertiary/aromatic N) is 2. The average molecular weight is 382 g/mol. The van der Waals surface area contributed by atoms with Gasteiger partial charge in [0.2, 0.25) is 0 Å². The maximum atomic E-state index is 14.3. The molecule has 0 saturated heterocycles. The monoisotopic (exact) mass is 382 g/mol. The fourth-order valence-corrected chi connectivity index (χ4v) is 2.99. The van der Waals surface area contributed by atoms with Crippen molar-refractivity contribution in [3.8, 4) is 0 Å². The van der Waals surface area contributed by atoms with Crippen LogP contribution in [0, 0.1) is 11.6 Å². The van der Waals surface area contributed by atoms with Crippen LogP contribution < -0.4 is 5.63 Å². The molecule has 0 spiro atoms. The van der Waals surface area contributed by atoms with Crippen molar-refractivity contribution < 1.29 is 17.9 Å². The highest BCUT2D eigenvalue weighted by molar-refractivity contribution is 5.76. The van der Waals surface area contributed by atoms with E-state index in [0.29, 0.717) is 11.1 Å². The smallest absolute Gasteiger partial charge is 0.341 e. The van der Waals surface area contributed by atoms with Gasteiger partial charge in [-0.25, -0.2) is 18.6 Å². The molecule has 0 aliphatic carbocycles. The number of imidazole rings is 1. The third kappa shape index (κ3) is 3.84. The molecule has 0 bridgehead atoms. The number of para-hydroxylation sites is 1. The van der Waals surface area contributed by atoms with E-state index in [0.717, 1.165) is 11.5 Å². The summed E-state index contributed by atoms with van der Waals surface area (Å²) in [4.78, 5) is 16.2. The van der Waals surface area contributed by atoms with Gasteiger partial charge in [0.15, 0.2) is 0 Å². The molecule has 1 atom stereocenters. The van der Waals surface area contributed by atoms with Crippen LogP contribution in [0.25, 0.3) is 11.0 Å². The minimum atomic E-state index is -0.749. The van der Waals surface area contributed by atoms with Gasteiger partial charge in [0.25, 0.3) is 0 Å². The number of hydrogen-bond acceptors (Lipinski definition) is 4. The van der Waals surface area contributed by atoms with Crippen molar-refractivity contribution in [3.05, 3.63) is 100 Å². The molecule has 142 valence electrons. The predicted molar refractivity (Wildman–Crippen MR) is 98.6 cm³/mol. The van der Waals surface area contributed by atoms with Crippen LogP contribution in [-0.4, -0.2) is 9.55 Å². The first-order valence-electron chi connectivity index (χ1n) is 8.64. The Kier molecular flexibility index (Phi) is 4.99. The summed E-state index contributed by atoms with van der Waals surface area (Å²) in [6, 6.07) is 12.2. The Hall–Kier alpha value is -3.32. The van der Waals surface area contributed by atoms with Crippen LogP contribution in [0.2, 0.25) is 0 Å². The number of benzene rings is 2. The highest BCUT2D eigenvalue weighted by Gasteiger charge is 2.19. The molecule has 2 heterocycles. The molecule has 0 aliphatic heterocycles. The van der Waals surface area contributed by atoms with Crippen LogP contribution in [0.15, 0.2) is 76.5 Å². The quantitative estimate of drug-likeness (QED) is 0.469. The van der Waals surface area contributed by atoms with Crippen molar-refractivity contribution >= 4 is 11.0 Å². The summed E-state index contributed by atoms with van der Waals surface area (Å²) in [5.41, 5.74) is 0.479. The number of fused-ring (bicyclic) bond motifs is 1. The molecule has 2 aromatic carbocycles. The number of rotatable bonds is 6. The number of aromatic nitrogens is 2. The summed E-state index contributed by atoms with van der Waals surface area (Å²) >= 11 is 0. The first kappa shape index (κ1) is 18.1. The van der Waals surface area contributed by atoms with Crippen LogP contribution in [0.1, 0.15) is 17.2 Å². The molecule has 0 N–H and O–H groups in total. The van der Waals surface area contributed by atoms with E-state index < -0.39 is 23.4 Å². The molecule has 0 amide bonds. The van der Waals surface area contributed by atoms with Crippen molar-refractivity contribution in [2.24, 2.45) is 0 Å². The molecule has 5 nitrogen and oxygen atoms in total. The molecule has 0 radical (unpaired) electrons. The van der Waals surface area contributed by atoms with E-state index in [1.165, 1.54) is 12.1 Å². The Labute approximate surface area is 158 Å². The lowest BCUT2D eigenvalue weighted by Crippen LogP contribution is -2.16.